The smallest absolute Gasteiger partial charge is 0.191 e. The summed E-state index contributed by atoms with van der Waals surface area (Å²) in [5, 5.41) is 14.6. The molecule has 142 valence electrons. The second kappa shape index (κ2) is 7.96. The summed E-state index contributed by atoms with van der Waals surface area (Å²) in [7, 11) is 1.76. The minimum absolute atomic E-state index is 0.0147. The maximum absolute atomic E-state index is 5.93. The van der Waals surface area contributed by atoms with Crippen LogP contribution in [0.25, 0.3) is 22.4 Å². The number of fused-ring (bicyclic) bond motifs is 1. The van der Waals surface area contributed by atoms with Gasteiger partial charge in [-0.1, -0.05) is 36.4 Å². The van der Waals surface area contributed by atoms with Gasteiger partial charge in [-0.15, -0.1) is 0 Å². The van der Waals surface area contributed by atoms with Crippen LogP contribution in [-0.2, 0) is 6.54 Å². The van der Waals surface area contributed by atoms with Gasteiger partial charge >= 0.3 is 0 Å². The zero-order valence-corrected chi connectivity index (χ0v) is 15.8. The van der Waals surface area contributed by atoms with Gasteiger partial charge in [-0.3, -0.25) is 10.1 Å². The number of benzene rings is 2. The number of hydrogen-bond acceptors (Lipinski definition) is 4. The average molecular weight is 374 g/mol. The quantitative estimate of drug-likeness (QED) is 0.366. The van der Waals surface area contributed by atoms with Gasteiger partial charge in [0.1, 0.15) is 17.7 Å². The van der Waals surface area contributed by atoms with Crippen molar-refractivity contribution in [3.05, 3.63) is 72.2 Å². The first-order valence-electron chi connectivity index (χ1n) is 9.13. The Balaban J connectivity index is 1.40. The fourth-order valence-electron chi connectivity index (χ4n) is 3.05. The molecule has 7 heteroatoms. The number of nitrogens with one attached hydrogen (secondary N) is 3. The zero-order valence-electron chi connectivity index (χ0n) is 15.8. The fourth-order valence-corrected chi connectivity index (χ4v) is 3.05. The maximum Gasteiger partial charge on any atom is 0.191 e. The monoisotopic (exact) mass is 374 g/mol. The van der Waals surface area contributed by atoms with Gasteiger partial charge in [-0.05, 0) is 30.7 Å². The molecule has 0 saturated heterocycles. The lowest BCUT2D eigenvalue weighted by Gasteiger charge is -2.16. The van der Waals surface area contributed by atoms with E-state index in [1.54, 1.807) is 7.05 Å². The number of nitrogens with zero attached hydrogens (tertiary/aromatic N) is 3. The van der Waals surface area contributed by atoms with Crippen LogP contribution in [0.15, 0.2) is 70.3 Å². The molecule has 0 amide bonds. The summed E-state index contributed by atoms with van der Waals surface area (Å²) in [5.41, 5.74) is 3.00. The van der Waals surface area contributed by atoms with Crippen LogP contribution in [0.3, 0.4) is 0 Å². The highest BCUT2D eigenvalue weighted by Gasteiger charge is 2.13. The summed E-state index contributed by atoms with van der Waals surface area (Å²) >= 11 is 0. The van der Waals surface area contributed by atoms with Gasteiger partial charge in [0.25, 0.3) is 0 Å². The number of hydrogen-bond donors (Lipinski definition) is 3. The Morgan fingerprint density at radius 3 is 2.86 bits per heavy atom. The molecule has 1 unspecified atom stereocenters. The normalized spacial score (nSPS) is 12.9. The molecule has 0 radical (unpaired) electrons. The van der Waals surface area contributed by atoms with E-state index in [0.717, 1.165) is 33.7 Å². The molecule has 0 aliphatic rings. The highest BCUT2D eigenvalue weighted by Crippen LogP contribution is 2.23. The Labute approximate surface area is 162 Å². The molecule has 4 aromatic rings. The third-order valence-corrected chi connectivity index (χ3v) is 4.52. The van der Waals surface area contributed by atoms with Gasteiger partial charge < -0.3 is 15.1 Å². The first kappa shape index (κ1) is 17.8. The van der Waals surface area contributed by atoms with Crippen molar-refractivity contribution in [2.45, 2.75) is 19.5 Å². The van der Waals surface area contributed by atoms with Crippen molar-refractivity contribution in [1.82, 2.24) is 25.8 Å². The van der Waals surface area contributed by atoms with Gasteiger partial charge in [-0.25, -0.2) is 4.98 Å². The first-order valence-corrected chi connectivity index (χ1v) is 9.13. The van der Waals surface area contributed by atoms with E-state index >= 15 is 0 Å². The predicted molar refractivity (Wildman–Crippen MR) is 110 cm³/mol. The molecule has 0 spiro atoms. The van der Waals surface area contributed by atoms with E-state index in [4.69, 9.17) is 4.42 Å². The standard InChI is InChI=1S/C21H22N6O/c1-14(19-11-16-7-3-4-9-18(16)28-19)26-21(22-2)23-12-15-6-5-8-17(10-15)20-24-13-25-27-20/h3-11,13-14H,12H2,1-2H3,(H2,22,23,26)(H,24,25,27). The van der Waals surface area contributed by atoms with Gasteiger partial charge in [0.2, 0.25) is 0 Å². The molecular formula is C21H22N6O. The molecule has 2 aromatic carbocycles. The minimum atomic E-state index is -0.0147. The van der Waals surface area contributed by atoms with Crippen LogP contribution in [-0.4, -0.2) is 28.2 Å². The molecule has 0 aliphatic heterocycles. The molecule has 2 aromatic heterocycles. The molecule has 3 N–H and O–H groups in total. The highest BCUT2D eigenvalue weighted by molar-refractivity contribution is 5.81. The van der Waals surface area contributed by atoms with Crippen LogP contribution >= 0.6 is 0 Å². The lowest BCUT2D eigenvalue weighted by Crippen LogP contribution is -2.38. The zero-order chi connectivity index (χ0) is 19.3. The van der Waals surface area contributed by atoms with E-state index in [-0.39, 0.29) is 6.04 Å². The molecular weight excluding hydrogens is 352 g/mol. The van der Waals surface area contributed by atoms with E-state index in [1.165, 1.54) is 6.33 Å². The first-order chi connectivity index (χ1) is 13.7. The van der Waals surface area contributed by atoms with Gasteiger partial charge in [0, 0.05) is 24.5 Å². The Kier molecular flexibility index (Phi) is 5.05. The van der Waals surface area contributed by atoms with Crippen molar-refractivity contribution in [2.24, 2.45) is 4.99 Å². The van der Waals surface area contributed by atoms with E-state index < -0.39 is 0 Å². The van der Waals surface area contributed by atoms with Crippen LogP contribution in [0.1, 0.15) is 24.3 Å². The molecule has 0 aliphatic carbocycles. The van der Waals surface area contributed by atoms with E-state index in [2.05, 4.69) is 55.9 Å². The van der Waals surface area contributed by atoms with E-state index in [1.807, 2.05) is 36.4 Å². The Morgan fingerprint density at radius 2 is 2.07 bits per heavy atom. The lowest BCUT2D eigenvalue weighted by atomic mass is 10.1. The van der Waals surface area contributed by atoms with E-state index in [9.17, 15) is 0 Å². The molecule has 4 rings (SSSR count). The molecule has 7 nitrogen and oxygen atoms in total. The third kappa shape index (κ3) is 3.88. The summed E-state index contributed by atoms with van der Waals surface area (Å²) in [5.74, 6) is 2.33. The summed E-state index contributed by atoms with van der Waals surface area (Å²) in [4.78, 5) is 8.52. The second-order valence-electron chi connectivity index (χ2n) is 6.51. The second-order valence-corrected chi connectivity index (χ2v) is 6.51. The summed E-state index contributed by atoms with van der Waals surface area (Å²) in [6.07, 6.45) is 1.51. The van der Waals surface area contributed by atoms with Crippen LogP contribution < -0.4 is 10.6 Å². The van der Waals surface area contributed by atoms with Crippen molar-refractivity contribution in [2.75, 3.05) is 7.05 Å². The number of aliphatic imine (C=N–C) groups is 1. The van der Waals surface area contributed by atoms with Crippen LogP contribution in [0.2, 0.25) is 0 Å². The van der Waals surface area contributed by atoms with Crippen LogP contribution in [0.5, 0.6) is 0 Å². The predicted octanol–water partition coefficient (Wildman–Crippen LogP) is 3.64. The largest absolute Gasteiger partial charge is 0.459 e. The molecule has 2 heterocycles. The van der Waals surface area contributed by atoms with Crippen molar-refractivity contribution in [3.8, 4) is 11.4 Å². The number of guanidine groups is 1. The Bertz CT molecular complexity index is 1050. The highest BCUT2D eigenvalue weighted by atomic mass is 16.3. The lowest BCUT2D eigenvalue weighted by molar-refractivity contribution is 0.488. The summed E-state index contributed by atoms with van der Waals surface area (Å²) in [6.45, 7) is 2.68. The van der Waals surface area contributed by atoms with Crippen LogP contribution in [0.4, 0.5) is 0 Å². The minimum Gasteiger partial charge on any atom is -0.459 e. The third-order valence-electron chi connectivity index (χ3n) is 4.52. The molecule has 1 atom stereocenters. The SMILES string of the molecule is CN=C(NCc1cccc(-c2ncn[nH]2)c1)NC(C)c1cc2ccccc2o1. The van der Waals surface area contributed by atoms with E-state index in [0.29, 0.717) is 12.5 Å². The summed E-state index contributed by atoms with van der Waals surface area (Å²) in [6, 6.07) is 18.2. The topological polar surface area (TPSA) is 91.1 Å². The summed E-state index contributed by atoms with van der Waals surface area (Å²) < 4.78 is 5.93. The van der Waals surface area contributed by atoms with Gasteiger partial charge in [0.05, 0.1) is 6.04 Å². The molecule has 28 heavy (non-hydrogen) atoms. The molecule has 0 saturated carbocycles. The number of rotatable bonds is 5. The Hall–Kier alpha value is -3.61. The van der Waals surface area contributed by atoms with Crippen molar-refractivity contribution < 1.29 is 4.42 Å². The van der Waals surface area contributed by atoms with Crippen molar-refractivity contribution in [1.29, 1.82) is 0 Å². The van der Waals surface area contributed by atoms with Crippen molar-refractivity contribution >= 4 is 16.9 Å². The van der Waals surface area contributed by atoms with Gasteiger partial charge in [0.15, 0.2) is 11.8 Å². The maximum atomic E-state index is 5.93. The number of aromatic nitrogens is 3. The number of para-hydroxylation sites is 1. The van der Waals surface area contributed by atoms with Crippen LogP contribution in [0, 0.1) is 0 Å². The average Bonchev–Trinajstić information content (AvgIpc) is 3.41. The number of aromatic amines is 1. The Morgan fingerprint density at radius 1 is 1.18 bits per heavy atom. The fraction of sp³-hybridized carbons (Fsp3) is 0.190. The molecule has 0 bridgehead atoms. The van der Waals surface area contributed by atoms with Crippen molar-refractivity contribution in [3.63, 3.8) is 0 Å². The number of H-pyrrole nitrogens is 1. The number of furan rings is 1. The van der Waals surface area contributed by atoms with Gasteiger partial charge in [-0.2, -0.15) is 5.10 Å². The molecule has 0 fully saturated rings.